The zero-order chi connectivity index (χ0) is 24.3. The van der Waals surface area contributed by atoms with Crippen LogP contribution in [0.25, 0.3) is 11.1 Å². The first-order chi connectivity index (χ1) is 15.4. The highest BCUT2D eigenvalue weighted by molar-refractivity contribution is 6.90. The molecule has 0 N–H and O–H groups in total. The highest BCUT2D eigenvalue weighted by Gasteiger charge is 2.26. The number of benzene rings is 3. The normalized spacial score (nSPS) is 12.7. The molecule has 0 atom stereocenters. The van der Waals surface area contributed by atoms with E-state index in [1.807, 2.05) is 0 Å². The number of rotatable bonds is 9. The topological polar surface area (TPSA) is 0 Å². The van der Waals surface area contributed by atoms with Crippen molar-refractivity contribution >= 4 is 39.8 Å². The largest absolute Gasteiger partial charge is 0.0849 e. The van der Waals surface area contributed by atoms with E-state index in [0.29, 0.717) is 0 Å². The summed E-state index contributed by atoms with van der Waals surface area (Å²) < 4.78 is 0. The van der Waals surface area contributed by atoms with E-state index in [1.54, 1.807) is 10.4 Å². The smallest absolute Gasteiger partial charge is 0.0656 e. The Morgan fingerprint density at radius 1 is 0.576 bits per heavy atom. The van der Waals surface area contributed by atoms with Crippen LogP contribution >= 0.6 is 0 Å². The van der Waals surface area contributed by atoms with E-state index in [0.717, 1.165) is 0 Å². The molecular weight excluding hydrogens is 445 g/mol. The first kappa shape index (κ1) is 25.9. The molecule has 0 unspecified atom stereocenters. The molecule has 3 rings (SSSR count). The van der Waals surface area contributed by atoms with Gasteiger partial charge in [0, 0.05) is 0 Å². The SMILES string of the molecule is CCCC[Si](C)(C)c1cccc(C[Si](C)(C)c2ccc(-c3ccc([Si](C)(C)C)cc3)cc2)c1. The zero-order valence-corrected chi connectivity index (χ0v) is 25.3. The minimum absolute atomic E-state index is 1.21. The summed E-state index contributed by atoms with van der Waals surface area (Å²) in [5.74, 6) is 0. The van der Waals surface area contributed by atoms with Gasteiger partial charge in [-0.1, -0.05) is 166 Å². The molecule has 3 aromatic carbocycles. The molecule has 0 aliphatic heterocycles. The van der Waals surface area contributed by atoms with Crippen LogP contribution in [0.4, 0.5) is 0 Å². The Kier molecular flexibility index (Phi) is 8.08. The Morgan fingerprint density at radius 2 is 1.12 bits per heavy atom. The summed E-state index contributed by atoms with van der Waals surface area (Å²) in [6.45, 7) is 19.7. The summed E-state index contributed by atoms with van der Waals surface area (Å²) in [4.78, 5) is 0. The van der Waals surface area contributed by atoms with Crippen LogP contribution in [0.15, 0.2) is 72.8 Å². The van der Waals surface area contributed by atoms with Crippen molar-refractivity contribution in [3.8, 4) is 11.1 Å². The van der Waals surface area contributed by atoms with E-state index >= 15 is 0 Å². The van der Waals surface area contributed by atoms with Crippen LogP contribution in [0, 0.1) is 0 Å². The van der Waals surface area contributed by atoms with E-state index in [1.165, 1.54) is 46.8 Å². The third-order valence-electron chi connectivity index (χ3n) is 7.26. The van der Waals surface area contributed by atoms with Gasteiger partial charge in [-0.15, -0.1) is 0 Å². The number of hydrogen-bond acceptors (Lipinski definition) is 0. The van der Waals surface area contributed by atoms with Gasteiger partial charge in [-0.3, -0.25) is 0 Å². The molecule has 3 aromatic rings. The van der Waals surface area contributed by atoms with Gasteiger partial charge in [-0.25, -0.2) is 0 Å². The summed E-state index contributed by atoms with van der Waals surface area (Å²) in [5, 5.41) is 4.72. The quantitative estimate of drug-likeness (QED) is 0.277. The van der Waals surface area contributed by atoms with Crippen LogP contribution in [0.3, 0.4) is 0 Å². The minimum atomic E-state index is -1.56. The third-order valence-corrected chi connectivity index (χ3v) is 16.0. The van der Waals surface area contributed by atoms with Crippen LogP contribution < -0.4 is 15.6 Å². The van der Waals surface area contributed by atoms with Gasteiger partial charge in [-0.2, -0.15) is 0 Å². The van der Waals surface area contributed by atoms with Crippen molar-refractivity contribution in [2.45, 2.75) is 77.7 Å². The summed E-state index contributed by atoms with van der Waals surface area (Å²) in [6.07, 6.45) is 2.66. The maximum atomic E-state index is 2.55. The predicted molar refractivity (Wildman–Crippen MR) is 159 cm³/mol. The Hall–Kier alpha value is -1.69. The molecule has 0 fully saturated rings. The maximum absolute atomic E-state index is 2.55. The molecule has 3 heteroatoms. The monoisotopic (exact) mass is 488 g/mol. The second-order valence-electron chi connectivity index (χ2n) is 12.2. The average Bonchev–Trinajstić information content (AvgIpc) is 2.77. The van der Waals surface area contributed by atoms with Crippen LogP contribution in [0.1, 0.15) is 25.3 Å². The first-order valence-corrected chi connectivity index (χ1v) is 22.6. The van der Waals surface area contributed by atoms with Crippen LogP contribution in [-0.2, 0) is 6.04 Å². The summed E-state index contributed by atoms with van der Waals surface area (Å²) in [7, 11) is -4.14. The highest BCUT2D eigenvalue weighted by Crippen LogP contribution is 2.21. The molecule has 176 valence electrons. The fraction of sp³-hybridized carbons (Fsp3) is 0.400. The van der Waals surface area contributed by atoms with Gasteiger partial charge in [0.15, 0.2) is 0 Å². The Bertz CT molecular complexity index is 1040. The molecular formula is C30H44Si3. The second-order valence-corrected chi connectivity index (χ2v) is 26.8. The molecule has 0 aliphatic carbocycles. The lowest BCUT2D eigenvalue weighted by molar-refractivity contribution is 0.870. The molecule has 0 aliphatic rings. The Labute approximate surface area is 206 Å². The van der Waals surface area contributed by atoms with Crippen molar-refractivity contribution in [1.29, 1.82) is 0 Å². The van der Waals surface area contributed by atoms with E-state index < -0.39 is 24.2 Å². The average molecular weight is 489 g/mol. The van der Waals surface area contributed by atoms with E-state index in [2.05, 4.69) is 126 Å². The molecule has 0 saturated heterocycles. The van der Waals surface area contributed by atoms with Gasteiger partial charge in [0.2, 0.25) is 0 Å². The lowest BCUT2D eigenvalue weighted by Crippen LogP contribution is -2.45. The van der Waals surface area contributed by atoms with Crippen molar-refractivity contribution in [2.24, 2.45) is 0 Å². The minimum Gasteiger partial charge on any atom is -0.0656 e. The molecule has 0 amide bonds. The first-order valence-electron chi connectivity index (χ1n) is 12.7. The zero-order valence-electron chi connectivity index (χ0n) is 22.3. The fourth-order valence-corrected chi connectivity index (χ4v) is 11.1. The molecule has 0 bridgehead atoms. The number of unbranched alkanes of at least 4 members (excludes halogenated alkanes) is 1. The molecule has 0 heterocycles. The Morgan fingerprint density at radius 3 is 1.64 bits per heavy atom. The van der Waals surface area contributed by atoms with Crippen molar-refractivity contribution in [3.05, 3.63) is 78.4 Å². The Balaban J connectivity index is 1.76. The molecule has 0 radical (unpaired) electrons. The third kappa shape index (κ3) is 6.68. The van der Waals surface area contributed by atoms with Gasteiger partial charge in [0.1, 0.15) is 0 Å². The summed E-state index contributed by atoms with van der Waals surface area (Å²) in [5.41, 5.74) is 4.19. The second kappa shape index (κ2) is 10.3. The standard InChI is InChI=1S/C30H44Si3/c1-9-10-22-32(5,6)30-13-11-12-25(23-30)24-33(7,8)29-20-16-27(17-21-29)26-14-18-28(19-15-26)31(2,3)4/h11-21,23H,9-10,22,24H2,1-8H3. The van der Waals surface area contributed by atoms with Gasteiger partial charge in [0.25, 0.3) is 0 Å². The molecule has 0 spiro atoms. The summed E-state index contributed by atoms with van der Waals surface area (Å²) >= 11 is 0. The van der Waals surface area contributed by atoms with Gasteiger partial charge in [0.05, 0.1) is 24.2 Å². The van der Waals surface area contributed by atoms with Gasteiger partial charge >= 0.3 is 0 Å². The maximum Gasteiger partial charge on any atom is 0.0849 e. The van der Waals surface area contributed by atoms with Gasteiger partial charge < -0.3 is 0 Å². The van der Waals surface area contributed by atoms with Crippen LogP contribution in [0.2, 0.25) is 51.9 Å². The van der Waals surface area contributed by atoms with Crippen molar-refractivity contribution < 1.29 is 0 Å². The van der Waals surface area contributed by atoms with Crippen LogP contribution in [0.5, 0.6) is 0 Å². The molecule has 33 heavy (non-hydrogen) atoms. The molecule has 0 aromatic heterocycles. The van der Waals surface area contributed by atoms with E-state index in [9.17, 15) is 0 Å². The fourth-order valence-electron chi connectivity index (χ4n) is 4.75. The number of hydrogen-bond donors (Lipinski definition) is 0. The van der Waals surface area contributed by atoms with E-state index in [4.69, 9.17) is 0 Å². The van der Waals surface area contributed by atoms with Gasteiger partial charge in [-0.05, 0) is 17.2 Å². The van der Waals surface area contributed by atoms with Crippen molar-refractivity contribution in [3.63, 3.8) is 0 Å². The van der Waals surface area contributed by atoms with Crippen molar-refractivity contribution in [1.82, 2.24) is 0 Å². The molecule has 0 nitrogen and oxygen atoms in total. The van der Waals surface area contributed by atoms with Crippen LogP contribution in [-0.4, -0.2) is 24.2 Å². The highest BCUT2D eigenvalue weighted by atomic mass is 28.3. The van der Waals surface area contributed by atoms with E-state index in [-0.39, 0.29) is 0 Å². The molecule has 0 saturated carbocycles. The predicted octanol–water partition coefficient (Wildman–Crippen LogP) is 7.31. The summed E-state index contributed by atoms with van der Waals surface area (Å²) in [6, 6.07) is 31.0. The lowest BCUT2D eigenvalue weighted by atomic mass is 10.1. The van der Waals surface area contributed by atoms with Crippen molar-refractivity contribution in [2.75, 3.05) is 0 Å². The lowest BCUT2D eigenvalue weighted by Gasteiger charge is -2.26.